The molecule has 5 aromatic rings. The monoisotopic (exact) mass is 496 g/mol. The van der Waals surface area contributed by atoms with Crippen LogP contribution in [0, 0.1) is 10.1 Å². The third-order valence-corrected chi connectivity index (χ3v) is 5.89. The van der Waals surface area contributed by atoms with Gasteiger partial charge in [-0.15, -0.1) is 0 Å². The van der Waals surface area contributed by atoms with Crippen LogP contribution in [0.1, 0.15) is 11.1 Å². The number of hydrogen-bond donors (Lipinski definition) is 0. The number of ether oxygens (including phenoxy) is 3. The molecule has 186 valence electrons. The van der Waals surface area contributed by atoms with Crippen molar-refractivity contribution in [2.45, 2.75) is 13.2 Å². The van der Waals surface area contributed by atoms with Crippen molar-refractivity contribution in [3.63, 3.8) is 0 Å². The topological polar surface area (TPSA) is 102 Å². The van der Waals surface area contributed by atoms with Gasteiger partial charge in [0.05, 0.1) is 23.1 Å². The van der Waals surface area contributed by atoms with Gasteiger partial charge in [-0.25, -0.2) is 0 Å². The molecule has 0 aliphatic carbocycles. The quantitative estimate of drug-likeness (QED) is 0.190. The second-order valence-electron chi connectivity index (χ2n) is 8.32. The first kappa shape index (κ1) is 23.8. The van der Waals surface area contributed by atoms with Crippen LogP contribution in [0.2, 0.25) is 0 Å². The number of benzene rings is 3. The summed E-state index contributed by atoms with van der Waals surface area (Å²) in [4.78, 5) is 15.7. The minimum Gasteiger partial charge on any atom is -0.490 e. The highest BCUT2D eigenvalue weighted by atomic mass is 16.6. The predicted octanol–water partition coefficient (Wildman–Crippen LogP) is 5.71. The van der Waals surface area contributed by atoms with E-state index in [4.69, 9.17) is 14.2 Å². The SMILES string of the molecule is COc1cc2c(-c3ccc(OCc4ccccc4)nc3OCc3ccccc3)nn(C)c2cc1[N+](=O)[O-]. The summed E-state index contributed by atoms with van der Waals surface area (Å²) in [5, 5.41) is 16.9. The van der Waals surface area contributed by atoms with Gasteiger partial charge < -0.3 is 14.2 Å². The molecule has 5 rings (SSSR count). The fourth-order valence-corrected chi connectivity index (χ4v) is 4.03. The molecule has 9 nitrogen and oxygen atoms in total. The number of fused-ring (bicyclic) bond motifs is 1. The summed E-state index contributed by atoms with van der Waals surface area (Å²) in [6.45, 7) is 0.654. The number of methoxy groups -OCH3 is 1. The molecule has 0 atom stereocenters. The van der Waals surface area contributed by atoms with Crippen LogP contribution in [0.25, 0.3) is 22.2 Å². The summed E-state index contributed by atoms with van der Waals surface area (Å²) >= 11 is 0. The lowest BCUT2D eigenvalue weighted by Crippen LogP contribution is -2.03. The first-order valence-electron chi connectivity index (χ1n) is 11.6. The van der Waals surface area contributed by atoms with Crippen molar-refractivity contribution >= 4 is 16.6 Å². The summed E-state index contributed by atoms with van der Waals surface area (Å²) in [6.07, 6.45) is 0. The Morgan fingerprint density at radius 2 is 1.54 bits per heavy atom. The fraction of sp³-hybridized carbons (Fsp3) is 0.143. The Labute approximate surface area is 213 Å². The van der Waals surface area contributed by atoms with Crippen LogP contribution < -0.4 is 14.2 Å². The lowest BCUT2D eigenvalue weighted by molar-refractivity contribution is -0.385. The number of rotatable bonds is 9. The summed E-state index contributed by atoms with van der Waals surface area (Å²) in [7, 11) is 3.14. The van der Waals surface area contributed by atoms with Crippen LogP contribution in [0.15, 0.2) is 84.9 Å². The maximum atomic E-state index is 11.5. The van der Waals surface area contributed by atoms with E-state index in [0.717, 1.165) is 11.1 Å². The van der Waals surface area contributed by atoms with E-state index in [-0.39, 0.29) is 11.4 Å². The van der Waals surface area contributed by atoms with Crippen LogP contribution in [-0.4, -0.2) is 26.8 Å². The lowest BCUT2D eigenvalue weighted by Gasteiger charge is -2.12. The zero-order valence-electron chi connectivity index (χ0n) is 20.3. The van der Waals surface area contributed by atoms with E-state index < -0.39 is 4.92 Å². The number of nitrogens with zero attached hydrogens (tertiary/aromatic N) is 4. The summed E-state index contributed by atoms with van der Waals surface area (Å²) in [5.74, 6) is 0.894. The van der Waals surface area contributed by atoms with Gasteiger partial charge in [-0.05, 0) is 23.3 Å². The molecule has 0 N–H and O–H groups in total. The average Bonchev–Trinajstić information content (AvgIpc) is 3.26. The second kappa shape index (κ2) is 10.4. The number of aryl methyl sites for hydroxylation is 1. The Bertz CT molecular complexity index is 1550. The molecule has 0 fully saturated rings. The number of aromatic nitrogens is 3. The van der Waals surface area contributed by atoms with Crippen LogP contribution in [0.5, 0.6) is 17.5 Å². The Morgan fingerprint density at radius 3 is 2.16 bits per heavy atom. The van der Waals surface area contributed by atoms with Crippen molar-refractivity contribution in [3.8, 4) is 28.8 Å². The molecule has 0 amide bonds. The van der Waals surface area contributed by atoms with Gasteiger partial charge in [-0.3, -0.25) is 14.8 Å². The minimum atomic E-state index is -0.472. The second-order valence-corrected chi connectivity index (χ2v) is 8.32. The van der Waals surface area contributed by atoms with E-state index in [1.807, 2.05) is 66.7 Å². The normalized spacial score (nSPS) is 10.9. The van der Waals surface area contributed by atoms with Crippen molar-refractivity contribution in [2.24, 2.45) is 7.05 Å². The van der Waals surface area contributed by atoms with Gasteiger partial charge in [0, 0.05) is 24.6 Å². The van der Waals surface area contributed by atoms with Gasteiger partial charge in [0.15, 0.2) is 5.75 Å². The van der Waals surface area contributed by atoms with E-state index in [1.54, 1.807) is 23.9 Å². The molecule has 37 heavy (non-hydrogen) atoms. The van der Waals surface area contributed by atoms with E-state index in [1.165, 1.54) is 13.2 Å². The Kier molecular flexibility index (Phi) is 6.67. The van der Waals surface area contributed by atoms with Crippen molar-refractivity contribution in [3.05, 3.63) is 106 Å². The number of hydrogen-bond acceptors (Lipinski definition) is 7. The minimum absolute atomic E-state index is 0.132. The van der Waals surface area contributed by atoms with E-state index in [2.05, 4.69) is 10.1 Å². The molecule has 0 aliphatic heterocycles. The van der Waals surface area contributed by atoms with Gasteiger partial charge >= 0.3 is 5.69 Å². The number of nitro benzene ring substituents is 1. The highest BCUT2D eigenvalue weighted by molar-refractivity contribution is 5.97. The number of nitro groups is 1. The maximum absolute atomic E-state index is 11.5. The van der Waals surface area contributed by atoms with Gasteiger partial charge in [0.1, 0.15) is 18.9 Å². The van der Waals surface area contributed by atoms with Gasteiger partial charge in [-0.2, -0.15) is 10.1 Å². The molecular formula is C28H24N4O5. The molecule has 0 saturated heterocycles. The molecule has 0 bridgehead atoms. The Morgan fingerprint density at radius 1 is 0.892 bits per heavy atom. The molecule has 0 unspecified atom stereocenters. The van der Waals surface area contributed by atoms with Gasteiger partial charge in [0.2, 0.25) is 11.8 Å². The standard InChI is InChI=1S/C28H24N4O5/c1-31-23-16-24(32(33)34)25(35-2)15-22(23)27(30-31)21-13-14-26(36-17-19-9-5-3-6-10-19)29-28(21)37-18-20-11-7-4-8-12-20/h3-16H,17-18H2,1-2H3. The predicted molar refractivity (Wildman–Crippen MR) is 139 cm³/mol. The molecule has 0 saturated carbocycles. The van der Waals surface area contributed by atoms with Crippen LogP contribution >= 0.6 is 0 Å². The third-order valence-electron chi connectivity index (χ3n) is 5.89. The summed E-state index contributed by atoms with van der Waals surface area (Å²) in [5.41, 5.74) is 3.65. The molecule has 0 spiro atoms. The Balaban J connectivity index is 1.56. The van der Waals surface area contributed by atoms with E-state index >= 15 is 0 Å². The molecule has 2 heterocycles. The highest BCUT2D eigenvalue weighted by Gasteiger charge is 2.23. The van der Waals surface area contributed by atoms with Crippen molar-refractivity contribution in [1.29, 1.82) is 0 Å². The third kappa shape index (κ3) is 5.06. The van der Waals surface area contributed by atoms with E-state index in [9.17, 15) is 10.1 Å². The Hall–Kier alpha value is -4.92. The zero-order valence-corrected chi connectivity index (χ0v) is 20.3. The van der Waals surface area contributed by atoms with Crippen molar-refractivity contribution in [1.82, 2.24) is 14.8 Å². The van der Waals surface area contributed by atoms with Crippen LogP contribution in [0.3, 0.4) is 0 Å². The van der Waals surface area contributed by atoms with Crippen LogP contribution in [-0.2, 0) is 20.3 Å². The van der Waals surface area contributed by atoms with Gasteiger partial charge in [0.25, 0.3) is 0 Å². The molecule has 0 radical (unpaired) electrons. The first-order chi connectivity index (χ1) is 18.0. The summed E-state index contributed by atoms with van der Waals surface area (Å²) in [6, 6.07) is 26.3. The summed E-state index contributed by atoms with van der Waals surface area (Å²) < 4.78 is 19.0. The highest BCUT2D eigenvalue weighted by Crippen LogP contribution is 2.39. The first-order valence-corrected chi connectivity index (χ1v) is 11.6. The lowest BCUT2D eigenvalue weighted by atomic mass is 10.1. The molecule has 3 aromatic carbocycles. The largest absolute Gasteiger partial charge is 0.490 e. The number of pyridine rings is 1. The van der Waals surface area contributed by atoms with Crippen LogP contribution in [0.4, 0.5) is 5.69 Å². The maximum Gasteiger partial charge on any atom is 0.313 e. The molecule has 9 heteroatoms. The van der Waals surface area contributed by atoms with Crippen molar-refractivity contribution in [2.75, 3.05) is 7.11 Å². The van der Waals surface area contributed by atoms with E-state index in [0.29, 0.717) is 47.1 Å². The fourth-order valence-electron chi connectivity index (χ4n) is 4.03. The zero-order chi connectivity index (χ0) is 25.8. The van der Waals surface area contributed by atoms with Crippen molar-refractivity contribution < 1.29 is 19.1 Å². The smallest absolute Gasteiger partial charge is 0.313 e. The molecule has 2 aromatic heterocycles. The molecule has 0 aliphatic rings. The molecular weight excluding hydrogens is 472 g/mol. The average molecular weight is 497 g/mol. The van der Waals surface area contributed by atoms with Gasteiger partial charge in [-0.1, -0.05) is 60.7 Å².